The Kier molecular flexibility index (Phi) is 4.01. The lowest BCUT2D eigenvalue weighted by atomic mass is 10.2. The molecule has 3 rings (SSSR count). The summed E-state index contributed by atoms with van der Waals surface area (Å²) >= 11 is 9.50. The molecule has 0 aliphatic heterocycles. The van der Waals surface area contributed by atoms with Gasteiger partial charge in [0.15, 0.2) is 0 Å². The predicted molar refractivity (Wildman–Crippen MR) is 89.0 cm³/mol. The first-order valence-corrected chi connectivity index (χ1v) is 7.83. The molecule has 1 aliphatic carbocycles. The number of hydrazine groups is 1. The van der Waals surface area contributed by atoms with Crippen molar-refractivity contribution in [1.82, 2.24) is 9.97 Å². The zero-order valence-electron chi connectivity index (χ0n) is 11.5. The van der Waals surface area contributed by atoms with Crippen LogP contribution in [-0.4, -0.2) is 9.97 Å². The van der Waals surface area contributed by atoms with E-state index >= 15 is 0 Å². The molecule has 1 fully saturated rings. The second-order valence-corrected chi connectivity index (χ2v) is 6.34. The lowest BCUT2D eigenvalue weighted by Gasteiger charge is -2.14. The van der Waals surface area contributed by atoms with E-state index in [1.807, 2.05) is 25.1 Å². The quantitative estimate of drug-likeness (QED) is 0.559. The fourth-order valence-electron chi connectivity index (χ4n) is 2.03. The van der Waals surface area contributed by atoms with Crippen LogP contribution in [0.15, 0.2) is 22.7 Å². The first-order chi connectivity index (χ1) is 10.1. The molecule has 1 saturated carbocycles. The van der Waals surface area contributed by atoms with Gasteiger partial charge in [-0.05, 0) is 53.9 Å². The Labute approximate surface area is 136 Å². The minimum atomic E-state index is 0.451. The summed E-state index contributed by atoms with van der Waals surface area (Å²) in [5.74, 6) is 8.23. The van der Waals surface area contributed by atoms with Crippen molar-refractivity contribution in [2.75, 3.05) is 10.7 Å². The Hall–Kier alpha value is -1.37. The van der Waals surface area contributed by atoms with Crippen LogP contribution in [0.3, 0.4) is 0 Å². The number of nitrogens with zero attached hydrogens (tertiary/aromatic N) is 2. The van der Waals surface area contributed by atoms with E-state index in [0.29, 0.717) is 16.8 Å². The van der Waals surface area contributed by atoms with Gasteiger partial charge in [0.25, 0.3) is 0 Å². The van der Waals surface area contributed by atoms with Gasteiger partial charge in [0.1, 0.15) is 17.5 Å². The van der Waals surface area contributed by atoms with E-state index in [4.69, 9.17) is 17.4 Å². The molecule has 1 heterocycles. The van der Waals surface area contributed by atoms with Crippen molar-refractivity contribution in [2.45, 2.75) is 25.7 Å². The maximum Gasteiger partial charge on any atom is 0.148 e. The summed E-state index contributed by atoms with van der Waals surface area (Å²) in [5.41, 5.74) is 4.39. The Morgan fingerprint density at radius 1 is 1.29 bits per heavy atom. The highest BCUT2D eigenvalue weighted by atomic mass is 79.9. The van der Waals surface area contributed by atoms with E-state index in [9.17, 15) is 0 Å². The highest BCUT2D eigenvalue weighted by Gasteiger charge is 2.28. The van der Waals surface area contributed by atoms with Crippen LogP contribution in [0, 0.1) is 6.92 Å². The van der Waals surface area contributed by atoms with Crippen molar-refractivity contribution in [3.05, 3.63) is 39.1 Å². The van der Waals surface area contributed by atoms with E-state index in [-0.39, 0.29) is 0 Å². The SMILES string of the molecule is Cc1c(NN)nc(C2CC2)nc1Nc1ccc(Br)c(Cl)c1. The number of rotatable bonds is 4. The van der Waals surface area contributed by atoms with Crippen molar-refractivity contribution < 1.29 is 0 Å². The monoisotopic (exact) mass is 367 g/mol. The molecule has 5 nitrogen and oxygen atoms in total. The number of halogens is 2. The number of aromatic nitrogens is 2. The standard InChI is InChI=1S/C14H15BrClN5/c1-7-12(18-9-4-5-10(15)11(16)6-9)19-14(8-2-3-8)20-13(7)21-17/h4-6,8H,2-3,17H2,1H3,(H2,18,19,20,21). The van der Waals surface area contributed by atoms with E-state index in [2.05, 4.69) is 36.6 Å². The molecular formula is C14H15BrClN5. The first kappa shape index (κ1) is 14.6. The van der Waals surface area contributed by atoms with Gasteiger partial charge in [0.05, 0.1) is 5.02 Å². The maximum absolute atomic E-state index is 6.12. The third-order valence-corrected chi connectivity index (χ3v) is 4.66. The van der Waals surface area contributed by atoms with E-state index < -0.39 is 0 Å². The van der Waals surface area contributed by atoms with Crippen LogP contribution in [0.1, 0.15) is 30.1 Å². The van der Waals surface area contributed by atoms with Crippen molar-refractivity contribution in [3.63, 3.8) is 0 Å². The topological polar surface area (TPSA) is 75.9 Å². The number of anilines is 3. The van der Waals surface area contributed by atoms with Crippen molar-refractivity contribution in [3.8, 4) is 0 Å². The van der Waals surface area contributed by atoms with E-state index in [1.165, 1.54) is 0 Å². The normalized spacial score (nSPS) is 14.1. The van der Waals surface area contributed by atoms with Crippen LogP contribution in [-0.2, 0) is 0 Å². The molecule has 0 spiro atoms. The minimum absolute atomic E-state index is 0.451. The van der Waals surface area contributed by atoms with E-state index in [1.54, 1.807) is 0 Å². The number of hydrogen-bond acceptors (Lipinski definition) is 5. The van der Waals surface area contributed by atoms with Crippen LogP contribution >= 0.6 is 27.5 Å². The number of hydrogen-bond donors (Lipinski definition) is 3. The summed E-state index contributed by atoms with van der Waals surface area (Å²) in [5, 5.41) is 3.93. The van der Waals surface area contributed by atoms with Gasteiger partial charge in [-0.3, -0.25) is 0 Å². The molecule has 110 valence electrons. The average Bonchev–Trinajstić information content (AvgIpc) is 3.29. The largest absolute Gasteiger partial charge is 0.340 e. The fraction of sp³-hybridized carbons (Fsp3) is 0.286. The third kappa shape index (κ3) is 3.12. The molecular weight excluding hydrogens is 354 g/mol. The van der Waals surface area contributed by atoms with Crippen LogP contribution < -0.4 is 16.6 Å². The van der Waals surface area contributed by atoms with Crippen LogP contribution in [0.5, 0.6) is 0 Å². The lowest BCUT2D eigenvalue weighted by Crippen LogP contribution is -2.13. The van der Waals surface area contributed by atoms with Crippen LogP contribution in [0.2, 0.25) is 5.02 Å². The summed E-state index contributed by atoms with van der Waals surface area (Å²) in [6, 6.07) is 5.68. The number of nitrogen functional groups attached to an aromatic ring is 1. The van der Waals surface area contributed by atoms with Gasteiger partial charge in [-0.15, -0.1) is 0 Å². The summed E-state index contributed by atoms with van der Waals surface area (Å²) in [6.45, 7) is 1.93. The van der Waals surface area contributed by atoms with Crippen LogP contribution in [0.25, 0.3) is 0 Å². The molecule has 1 aliphatic rings. The van der Waals surface area contributed by atoms with E-state index in [0.717, 1.165) is 40.2 Å². The van der Waals surface area contributed by atoms with Gasteiger partial charge in [-0.2, -0.15) is 0 Å². The predicted octanol–water partition coefficient (Wildman–Crippen LogP) is 4.11. The Bertz CT molecular complexity index is 687. The molecule has 0 bridgehead atoms. The van der Waals surface area contributed by atoms with Crippen molar-refractivity contribution >= 4 is 44.9 Å². The molecule has 2 aromatic rings. The minimum Gasteiger partial charge on any atom is -0.340 e. The highest BCUT2D eigenvalue weighted by Crippen LogP contribution is 2.40. The number of benzene rings is 1. The summed E-state index contributed by atoms with van der Waals surface area (Å²) < 4.78 is 0.858. The molecule has 7 heteroatoms. The molecule has 0 unspecified atom stereocenters. The first-order valence-electron chi connectivity index (χ1n) is 6.65. The van der Waals surface area contributed by atoms with Gasteiger partial charge in [0, 0.05) is 21.6 Å². The zero-order chi connectivity index (χ0) is 15.0. The Balaban J connectivity index is 1.96. The second kappa shape index (κ2) is 5.79. The molecule has 0 saturated heterocycles. The zero-order valence-corrected chi connectivity index (χ0v) is 13.8. The van der Waals surface area contributed by atoms with Crippen molar-refractivity contribution in [2.24, 2.45) is 5.84 Å². The summed E-state index contributed by atoms with van der Waals surface area (Å²) in [4.78, 5) is 9.08. The third-order valence-electron chi connectivity index (χ3n) is 3.42. The molecule has 21 heavy (non-hydrogen) atoms. The summed E-state index contributed by atoms with van der Waals surface area (Å²) in [6.07, 6.45) is 2.27. The number of nitrogens with two attached hydrogens (primary N) is 1. The molecule has 0 radical (unpaired) electrons. The molecule has 1 aromatic heterocycles. The Morgan fingerprint density at radius 2 is 2.00 bits per heavy atom. The summed E-state index contributed by atoms with van der Waals surface area (Å²) in [7, 11) is 0. The molecule has 1 aromatic carbocycles. The Morgan fingerprint density at radius 3 is 2.62 bits per heavy atom. The second-order valence-electron chi connectivity index (χ2n) is 5.08. The maximum atomic E-state index is 6.12. The lowest BCUT2D eigenvalue weighted by molar-refractivity contribution is 0.920. The van der Waals surface area contributed by atoms with Gasteiger partial charge in [-0.25, -0.2) is 15.8 Å². The molecule has 0 atom stereocenters. The number of nitrogens with one attached hydrogen (secondary N) is 2. The highest BCUT2D eigenvalue weighted by molar-refractivity contribution is 9.10. The molecule has 0 amide bonds. The van der Waals surface area contributed by atoms with Gasteiger partial charge >= 0.3 is 0 Å². The smallest absolute Gasteiger partial charge is 0.148 e. The van der Waals surface area contributed by atoms with Gasteiger partial charge in [0.2, 0.25) is 0 Å². The fourth-order valence-corrected chi connectivity index (χ4v) is 2.46. The van der Waals surface area contributed by atoms with Gasteiger partial charge < -0.3 is 10.7 Å². The van der Waals surface area contributed by atoms with Crippen LogP contribution in [0.4, 0.5) is 17.3 Å². The molecule has 4 N–H and O–H groups in total. The average molecular weight is 369 g/mol. The van der Waals surface area contributed by atoms with Gasteiger partial charge in [-0.1, -0.05) is 11.6 Å². The van der Waals surface area contributed by atoms with Crippen molar-refractivity contribution in [1.29, 1.82) is 0 Å².